The van der Waals surface area contributed by atoms with Gasteiger partial charge in [-0.2, -0.15) is 5.10 Å². The first-order valence-corrected chi connectivity index (χ1v) is 10.4. The minimum atomic E-state index is -0.451. The largest absolute Gasteiger partial charge is 0.444 e. The smallest absolute Gasteiger partial charge is 0.410 e. The number of aromatic amines is 1. The van der Waals surface area contributed by atoms with Crippen molar-refractivity contribution in [1.29, 1.82) is 0 Å². The molecule has 1 N–H and O–H groups in total. The van der Waals surface area contributed by atoms with Gasteiger partial charge in [0, 0.05) is 34.2 Å². The Bertz CT molecular complexity index is 975. The van der Waals surface area contributed by atoms with E-state index in [9.17, 15) is 4.79 Å². The van der Waals surface area contributed by atoms with Crippen LogP contribution in [0.15, 0.2) is 58.5 Å². The summed E-state index contributed by atoms with van der Waals surface area (Å²) in [4.78, 5) is 16.5. The van der Waals surface area contributed by atoms with Crippen LogP contribution >= 0.6 is 11.8 Å². The molecule has 5 nitrogen and oxygen atoms in total. The van der Waals surface area contributed by atoms with Crippen molar-refractivity contribution in [2.75, 3.05) is 13.1 Å². The van der Waals surface area contributed by atoms with Crippen LogP contribution in [0, 0.1) is 0 Å². The Morgan fingerprint density at radius 3 is 2.68 bits per heavy atom. The Morgan fingerprint density at radius 2 is 1.93 bits per heavy atom. The summed E-state index contributed by atoms with van der Waals surface area (Å²) < 4.78 is 5.49. The molecular formula is C22H25N3O2S. The number of likely N-dealkylation sites (tertiary alicyclic amines) is 1. The molecule has 146 valence electrons. The molecule has 1 aliphatic heterocycles. The standard InChI is InChI=1S/C22H25N3O2S/c1-22(2,3)27-21(26)25-11-10-16(14-25)15-4-6-18(7-5-15)28-19-8-9-20-17(12-19)13-23-24-20/h4-9,12-13,16H,10-11,14H2,1-3H3,(H,23,24)/t16-/m1/s1. The van der Waals surface area contributed by atoms with Crippen molar-refractivity contribution in [2.45, 2.75) is 48.5 Å². The number of H-pyrrole nitrogens is 1. The van der Waals surface area contributed by atoms with Gasteiger partial charge in [0.25, 0.3) is 0 Å². The van der Waals surface area contributed by atoms with Crippen molar-refractivity contribution in [3.05, 3.63) is 54.2 Å². The summed E-state index contributed by atoms with van der Waals surface area (Å²) in [7, 11) is 0. The summed E-state index contributed by atoms with van der Waals surface area (Å²) >= 11 is 1.74. The van der Waals surface area contributed by atoms with Gasteiger partial charge in [0.1, 0.15) is 5.60 Å². The first kappa shape index (κ1) is 18.9. The monoisotopic (exact) mass is 395 g/mol. The van der Waals surface area contributed by atoms with Crippen LogP contribution in [0.3, 0.4) is 0 Å². The quantitative estimate of drug-likeness (QED) is 0.642. The van der Waals surface area contributed by atoms with Crippen LogP contribution in [-0.2, 0) is 4.74 Å². The lowest BCUT2D eigenvalue weighted by molar-refractivity contribution is 0.0292. The Kier molecular flexibility index (Phi) is 5.06. The fourth-order valence-electron chi connectivity index (χ4n) is 3.45. The number of nitrogens with one attached hydrogen (secondary N) is 1. The zero-order valence-corrected chi connectivity index (χ0v) is 17.3. The van der Waals surface area contributed by atoms with Gasteiger partial charge < -0.3 is 9.64 Å². The van der Waals surface area contributed by atoms with E-state index in [0.717, 1.165) is 30.4 Å². The second kappa shape index (κ2) is 7.51. The first-order valence-electron chi connectivity index (χ1n) is 9.56. The molecule has 6 heteroatoms. The summed E-state index contributed by atoms with van der Waals surface area (Å²) in [5.41, 5.74) is 1.88. The second-order valence-electron chi connectivity index (χ2n) is 8.20. The third kappa shape index (κ3) is 4.33. The van der Waals surface area contributed by atoms with Crippen molar-refractivity contribution in [3.63, 3.8) is 0 Å². The number of amides is 1. The highest BCUT2D eigenvalue weighted by molar-refractivity contribution is 7.99. The third-order valence-electron chi connectivity index (χ3n) is 4.84. The van der Waals surface area contributed by atoms with E-state index in [2.05, 4.69) is 52.7 Å². The summed E-state index contributed by atoms with van der Waals surface area (Å²) in [6.07, 6.45) is 2.61. The molecule has 0 spiro atoms. The van der Waals surface area contributed by atoms with Gasteiger partial charge in [0.15, 0.2) is 0 Å². The Balaban J connectivity index is 1.38. The van der Waals surface area contributed by atoms with Gasteiger partial charge in [-0.15, -0.1) is 0 Å². The molecule has 1 atom stereocenters. The molecule has 0 saturated carbocycles. The molecule has 28 heavy (non-hydrogen) atoms. The molecule has 0 unspecified atom stereocenters. The lowest BCUT2D eigenvalue weighted by Gasteiger charge is -2.24. The maximum Gasteiger partial charge on any atom is 0.410 e. The highest BCUT2D eigenvalue weighted by Crippen LogP contribution is 2.33. The van der Waals surface area contributed by atoms with Gasteiger partial charge >= 0.3 is 6.09 Å². The minimum Gasteiger partial charge on any atom is -0.444 e. The predicted molar refractivity (Wildman–Crippen MR) is 112 cm³/mol. The fraction of sp³-hybridized carbons (Fsp3) is 0.364. The SMILES string of the molecule is CC(C)(C)OC(=O)N1CC[C@@H](c2ccc(Sc3ccc4[nH]ncc4c3)cc2)C1. The van der Waals surface area contributed by atoms with Crippen LogP contribution in [-0.4, -0.2) is 39.9 Å². The third-order valence-corrected chi connectivity index (χ3v) is 5.84. The van der Waals surface area contributed by atoms with Gasteiger partial charge in [-0.25, -0.2) is 4.79 Å². The molecule has 2 heterocycles. The number of aromatic nitrogens is 2. The number of nitrogens with zero attached hydrogens (tertiary/aromatic N) is 2. The number of ether oxygens (including phenoxy) is 1. The lowest BCUT2D eigenvalue weighted by Crippen LogP contribution is -2.35. The van der Waals surface area contributed by atoms with Gasteiger partial charge in [-0.05, 0) is 63.1 Å². The topological polar surface area (TPSA) is 58.2 Å². The Morgan fingerprint density at radius 1 is 1.18 bits per heavy atom. The van der Waals surface area contributed by atoms with E-state index < -0.39 is 5.60 Å². The van der Waals surface area contributed by atoms with Crippen LogP contribution in [0.25, 0.3) is 10.9 Å². The van der Waals surface area contributed by atoms with E-state index in [0.29, 0.717) is 5.92 Å². The summed E-state index contributed by atoms with van der Waals surface area (Å²) in [5.74, 6) is 0.369. The molecule has 2 aromatic carbocycles. The van der Waals surface area contributed by atoms with Crippen molar-refractivity contribution >= 4 is 28.8 Å². The Hall–Kier alpha value is -2.47. The van der Waals surface area contributed by atoms with E-state index in [1.807, 2.05) is 31.9 Å². The van der Waals surface area contributed by atoms with E-state index in [-0.39, 0.29) is 6.09 Å². The average Bonchev–Trinajstić information content (AvgIpc) is 3.30. The fourth-order valence-corrected chi connectivity index (χ4v) is 4.32. The highest BCUT2D eigenvalue weighted by Gasteiger charge is 2.30. The van der Waals surface area contributed by atoms with E-state index in [1.54, 1.807) is 11.8 Å². The van der Waals surface area contributed by atoms with Gasteiger partial charge in [0.2, 0.25) is 0 Å². The summed E-state index contributed by atoms with van der Waals surface area (Å²) in [6.45, 7) is 7.18. The van der Waals surface area contributed by atoms with E-state index in [4.69, 9.17) is 4.74 Å². The zero-order chi connectivity index (χ0) is 19.7. The number of hydrogen-bond donors (Lipinski definition) is 1. The molecule has 1 fully saturated rings. The van der Waals surface area contributed by atoms with Crippen LogP contribution in [0.1, 0.15) is 38.7 Å². The average molecular weight is 396 g/mol. The zero-order valence-electron chi connectivity index (χ0n) is 16.4. The minimum absolute atomic E-state index is 0.211. The van der Waals surface area contributed by atoms with Crippen LogP contribution < -0.4 is 0 Å². The van der Waals surface area contributed by atoms with Gasteiger partial charge in [-0.3, -0.25) is 5.10 Å². The highest BCUT2D eigenvalue weighted by atomic mass is 32.2. The first-order chi connectivity index (χ1) is 13.4. The number of carbonyl (C=O) groups is 1. The number of benzene rings is 2. The van der Waals surface area contributed by atoms with Crippen LogP contribution in [0.2, 0.25) is 0 Å². The normalized spacial score (nSPS) is 17.2. The molecular weight excluding hydrogens is 370 g/mol. The molecule has 4 rings (SSSR count). The van der Waals surface area contributed by atoms with Crippen molar-refractivity contribution in [1.82, 2.24) is 15.1 Å². The summed E-state index contributed by atoms with van der Waals surface area (Å²) in [5, 5.41) is 8.17. The molecule has 1 amide bonds. The maximum absolute atomic E-state index is 12.3. The molecule has 1 saturated heterocycles. The van der Waals surface area contributed by atoms with Crippen LogP contribution in [0.5, 0.6) is 0 Å². The molecule has 0 bridgehead atoms. The maximum atomic E-state index is 12.3. The second-order valence-corrected chi connectivity index (χ2v) is 9.35. The van der Waals surface area contributed by atoms with E-state index in [1.165, 1.54) is 15.4 Å². The number of fused-ring (bicyclic) bond motifs is 1. The molecule has 1 aromatic heterocycles. The lowest BCUT2D eigenvalue weighted by atomic mass is 9.99. The molecule has 0 radical (unpaired) electrons. The van der Waals surface area contributed by atoms with Gasteiger partial charge in [-0.1, -0.05) is 23.9 Å². The predicted octanol–water partition coefficient (Wildman–Crippen LogP) is 5.44. The number of carbonyl (C=O) groups excluding carboxylic acids is 1. The molecule has 1 aliphatic rings. The van der Waals surface area contributed by atoms with Gasteiger partial charge in [0.05, 0.1) is 11.7 Å². The number of hydrogen-bond acceptors (Lipinski definition) is 4. The van der Waals surface area contributed by atoms with Crippen LogP contribution in [0.4, 0.5) is 4.79 Å². The van der Waals surface area contributed by atoms with Crippen molar-refractivity contribution in [2.24, 2.45) is 0 Å². The summed E-state index contributed by atoms with van der Waals surface area (Å²) in [6, 6.07) is 15.0. The molecule has 0 aliphatic carbocycles. The van der Waals surface area contributed by atoms with E-state index >= 15 is 0 Å². The van der Waals surface area contributed by atoms with Crippen molar-refractivity contribution < 1.29 is 9.53 Å². The van der Waals surface area contributed by atoms with Crippen molar-refractivity contribution in [3.8, 4) is 0 Å². The molecule has 3 aromatic rings. The Labute approximate surface area is 169 Å². The number of rotatable bonds is 3.